The van der Waals surface area contributed by atoms with Crippen LogP contribution in [0.1, 0.15) is 48.5 Å². The van der Waals surface area contributed by atoms with E-state index in [0.717, 1.165) is 48.5 Å². The maximum absolute atomic E-state index is 12.1. The summed E-state index contributed by atoms with van der Waals surface area (Å²) in [6.45, 7) is 6.19. The highest BCUT2D eigenvalue weighted by Crippen LogP contribution is 2.34. The van der Waals surface area contributed by atoms with Crippen LogP contribution in [0.25, 0.3) is 0 Å². The van der Waals surface area contributed by atoms with Crippen LogP contribution in [0.2, 0.25) is 0 Å². The van der Waals surface area contributed by atoms with E-state index < -0.39 is 116 Å². The first-order valence-corrected chi connectivity index (χ1v) is 13.3. The van der Waals surface area contributed by atoms with Gasteiger partial charge in [-0.25, -0.2) is 0 Å². The topological polar surface area (TPSA) is 232 Å². The van der Waals surface area contributed by atoms with E-state index in [1.807, 2.05) is 0 Å². The number of aliphatic hydroxyl groups is 1. The van der Waals surface area contributed by atoms with Gasteiger partial charge >= 0.3 is 41.8 Å². The van der Waals surface area contributed by atoms with E-state index in [4.69, 9.17) is 47.4 Å². The van der Waals surface area contributed by atoms with E-state index in [2.05, 4.69) is 0 Å². The Morgan fingerprint density at radius 2 is 0.818 bits per heavy atom. The standard InChI is InChI=1S/C26H36O18/c1-10(27)35-8-17-19(37-12(3)29)21(39-14(5)31)23(25(34)42-17)44-26-24(41-16(7)33)22(40-15(6)32)20(38-13(4)30)18(43-26)9-36-11(2)28/h17-26,34H,8-9H2,1-7H3/t17-,18-,19-,20+,21+,22+,23-,24-,25-,26+/m1/s1. The maximum Gasteiger partial charge on any atom is 0.303 e. The Kier molecular flexibility index (Phi) is 13.4. The van der Waals surface area contributed by atoms with Crippen LogP contribution in [-0.4, -0.2) is 122 Å². The molecule has 0 aromatic carbocycles. The van der Waals surface area contributed by atoms with Crippen molar-refractivity contribution in [2.24, 2.45) is 0 Å². The smallest absolute Gasteiger partial charge is 0.303 e. The third kappa shape index (κ3) is 10.7. The van der Waals surface area contributed by atoms with Crippen LogP contribution in [0, 0.1) is 0 Å². The summed E-state index contributed by atoms with van der Waals surface area (Å²) in [4.78, 5) is 83.3. The van der Waals surface area contributed by atoms with Crippen LogP contribution in [0.15, 0.2) is 0 Å². The lowest BCUT2D eigenvalue weighted by Gasteiger charge is -2.47. The Balaban J connectivity index is 2.59. The molecule has 0 saturated carbocycles. The average molecular weight is 637 g/mol. The molecule has 2 aliphatic heterocycles. The highest BCUT2D eigenvalue weighted by molar-refractivity contribution is 5.69. The molecule has 2 aliphatic rings. The monoisotopic (exact) mass is 636 g/mol. The molecular weight excluding hydrogens is 600 g/mol. The summed E-state index contributed by atoms with van der Waals surface area (Å²) in [5.74, 6) is -5.97. The van der Waals surface area contributed by atoms with Crippen LogP contribution in [0.3, 0.4) is 0 Å². The first kappa shape index (κ1) is 36.3. The third-order valence-electron chi connectivity index (χ3n) is 5.90. The van der Waals surface area contributed by atoms with E-state index >= 15 is 0 Å². The molecule has 10 atom stereocenters. The minimum atomic E-state index is -1.99. The van der Waals surface area contributed by atoms with Crippen molar-refractivity contribution in [1.29, 1.82) is 0 Å². The molecule has 2 rings (SSSR count). The van der Waals surface area contributed by atoms with Gasteiger partial charge in [-0.1, -0.05) is 0 Å². The lowest BCUT2D eigenvalue weighted by atomic mass is 9.96. The molecule has 0 aliphatic carbocycles. The third-order valence-corrected chi connectivity index (χ3v) is 5.90. The summed E-state index contributed by atoms with van der Waals surface area (Å²) in [5, 5.41) is 11.0. The quantitative estimate of drug-likeness (QED) is 0.203. The zero-order valence-electron chi connectivity index (χ0n) is 25.1. The lowest BCUT2D eigenvalue weighted by molar-refractivity contribution is -0.363. The van der Waals surface area contributed by atoms with Gasteiger partial charge < -0.3 is 52.5 Å². The first-order valence-electron chi connectivity index (χ1n) is 13.3. The van der Waals surface area contributed by atoms with Gasteiger partial charge in [-0.05, 0) is 0 Å². The summed E-state index contributed by atoms with van der Waals surface area (Å²) < 4.78 is 53.9. The minimum Gasteiger partial charge on any atom is -0.463 e. The normalized spacial score (nSPS) is 31.5. The Morgan fingerprint density at radius 3 is 1.20 bits per heavy atom. The van der Waals surface area contributed by atoms with Gasteiger partial charge in [0.2, 0.25) is 0 Å². The maximum atomic E-state index is 12.1. The van der Waals surface area contributed by atoms with Crippen LogP contribution >= 0.6 is 0 Å². The van der Waals surface area contributed by atoms with E-state index in [1.54, 1.807) is 0 Å². The number of rotatable bonds is 11. The van der Waals surface area contributed by atoms with Gasteiger partial charge in [-0.2, -0.15) is 0 Å². The fourth-order valence-corrected chi connectivity index (χ4v) is 4.49. The number of aliphatic hydroxyl groups excluding tert-OH is 1. The Bertz CT molecular complexity index is 1090. The predicted octanol–water partition coefficient (Wildman–Crippen LogP) is -1.40. The molecule has 18 nitrogen and oxygen atoms in total. The van der Waals surface area contributed by atoms with Crippen molar-refractivity contribution in [3.05, 3.63) is 0 Å². The molecule has 0 spiro atoms. The summed E-state index contributed by atoms with van der Waals surface area (Å²) >= 11 is 0. The van der Waals surface area contributed by atoms with Crippen molar-refractivity contribution in [3.63, 3.8) is 0 Å². The molecule has 2 saturated heterocycles. The first-order chi connectivity index (χ1) is 20.5. The molecule has 248 valence electrons. The summed E-state index contributed by atoms with van der Waals surface area (Å²) in [7, 11) is 0. The van der Waals surface area contributed by atoms with Gasteiger partial charge in [-0.3, -0.25) is 33.6 Å². The Morgan fingerprint density at radius 1 is 0.477 bits per heavy atom. The van der Waals surface area contributed by atoms with Crippen LogP contribution in [0.5, 0.6) is 0 Å². The second kappa shape index (κ2) is 16.3. The molecule has 2 fully saturated rings. The number of carbonyl (C=O) groups is 7. The number of ether oxygens (including phenoxy) is 10. The molecular formula is C26H36O18. The number of carbonyl (C=O) groups excluding carboxylic acids is 7. The van der Waals surface area contributed by atoms with Gasteiger partial charge in [0.25, 0.3) is 0 Å². The molecule has 2 heterocycles. The van der Waals surface area contributed by atoms with Crippen LogP contribution < -0.4 is 0 Å². The molecule has 0 bridgehead atoms. The van der Waals surface area contributed by atoms with Gasteiger partial charge in [-0.15, -0.1) is 0 Å². The molecule has 0 aromatic rings. The van der Waals surface area contributed by atoms with Crippen molar-refractivity contribution < 1.29 is 86.0 Å². The summed E-state index contributed by atoms with van der Waals surface area (Å²) in [6, 6.07) is 0. The average Bonchev–Trinajstić information content (AvgIpc) is 2.87. The zero-order chi connectivity index (χ0) is 33.3. The Labute approximate surface area is 251 Å². The zero-order valence-corrected chi connectivity index (χ0v) is 25.1. The van der Waals surface area contributed by atoms with Crippen molar-refractivity contribution >= 4 is 41.8 Å². The second-order valence-corrected chi connectivity index (χ2v) is 9.68. The molecule has 0 aromatic heterocycles. The highest BCUT2D eigenvalue weighted by atomic mass is 16.8. The highest BCUT2D eigenvalue weighted by Gasteiger charge is 2.57. The fraction of sp³-hybridized carbons (Fsp3) is 0.731. The van der Waals surface area contributed by atoms with E-state index in [-0.39, 0.29) is 0 Å². The molecule has 0 unspecified atom stereocenters. The van der Waals surface area contributed by atoms with Gasteiger partial charge in [0.1, 0.15) is 25.4 Å². The number of hydrogen-bond donors (Lipinski definition) is 1. The predicted molar refractivity (Wildman–Crippen MR) is 135 cm³/mol. The van der Waals surface area contributed by atoms with E-state index in [1.165, 1.54) is 0 Å². The summed E-state index contributed by atoms with van der Waals surface area (Å²) in [6.07, 6.45) is -16.3. The van der Waals surface area contributed by atoms with Gasteiger partial charge in [0.05, 0.1) is 0 Å². The lowest BCUT2D eigenvalue weighted by Crippen LogP contribution is -2.67. The van der Waals surface area contributed by atoms with Gasteiger partial charge in [0.15, 0.2) is 49.2 Å². The van der Waals surface area contributed by atoms with E-state index in [0.29, 0.717) is 0 Å². The SMILES string of the molecule is CC(=O)OC[C@H]1O[C@@H](O[C@@H]2[C@@H](OC(C)=O)[C@H](OC(C)=O)[C@@H](COC(C)=O)O[C@H]2O)[C@H](OC(C)=O)[C@@H](OC(C)=O)[C@H]1OC(C)=O. The fourth-order valence-electron chi connectivity index (χ4n) is 4.49. The minimum absolute atomic E-state index is 0.534. The van der Waals surface area contributed by atoms with Crippen molar-refractivity contribution in [1.82, 2.24) is 0 Å². The van der Waals surface area contributed by atoms with E-state index in [9.17, 15) is 38.7 Å². The van der Waals surface area contributed by atoms with Crippen molar-refractivity contribution in [2.45, 2.75) is 110 Å². The summed E-state index contributed by atoms with van der Waals surface area (Å²) in [5.41, 5.74) is 0. The van der Waals surface area contributed by atoms with Crippen LogP contribution in [-0.2, 0) is 80.9 Å². The Hall–Kier alpha value is -3.87. The number of esters is 7. The molecule has 0 amide bonds. The van der Waals surface area contributed by atoms with Crippen molar-refractivity contribution in [3.8, 4) is 0 Å². The van der Waals surface area contributed by atoms with Crippen LogP contribution in [0.4, 0.5) is 0 Å². The van der Waals surface area contributed by atoms with Gasteiger partial charge in [0, 0.05) is 48.5 Å². The number of hydrogen-bond acceptors (Lipinski definition) is 18. The molecule has 44 heavy (non-hydrogen) atoms. The second-order valence-electron chi connectivity index (χ2n) is 9.68. The molecule has 0 radical (unpaired) electrons. The largest absolute Gasteiger partial charge is 0.463 e. The van der Waals surface area contributed by atoms with Crippen molar-refractivity contribution in [2.75, 3.05) is 13.2 Å². The molecule has 1 N–H and O–H groups in total. The molecule has 18 heteroatoms.